The molecule has 0 radical (unpaired) electrons. The minimum Gasteiger partial charge on any atom is -0.297 e. The predicted octanol–water partition coefficient (Wildman–Crippen LogP) is 3.29. The first-order valence-electron chi connectivity index (χ1n) is 8.45. The molecule has 108 valence electrons. The van der Waals surface area contributed by atoms with Crippen LogP contribution in [0, 0.1) is 5.92 Å². The normalized spacial score (nSPS) is 24.6. The van der Waals surface area contributed by atoms with E-state index in [4.69, 9.17) is 4.98 Å². The molecule has 3 nitrogen and oxygen atoms in total. The number of fused-ring (bicyclic) bond motifs is 1. The van der Waals surface area contributed by atoms with Crippen molar-refractivity contribution in [1.29, 1.82) is 0 Å². The Bertz CT molecular complexity index is 475. The Morgan fingerprint density at radius 1 is 1.10 bits per heavy atom. The fourth-order valence-electron chi connectivity index (χ4n) is 3.75. The first-order chi connectivity index (χ1) is 9.88. The van der Waals surface area contributed by atoms with Gasteiger partial charge in [0.2, 0.25) is 0 Å². The van der Waals surface area contributed by atoms with Crippen LogP contribution in [-0.2, 0) is 13.0 Å². The molecule has 0 spiro atoms. The smallest absolute Gasteiger partial charge is 0.131 e. The van der Waals surface area contributed by atoms with Crippen LogP contribution in [0.1, 0.15) is 67.9 Å². The van der Waals surface area contributed by atoms with E-state index in [0.717, 1.165) is 24.7 Å². The van der Waals surface area contributed by atoms with Gasteiger partial charge in [-0.3, -0.25) is 4.90 Å². The van der Waals surface area contributed by atoms with Gasteiger partial charge in [-0.2, -0.15) is 0 Å². The van der Waals surface area contributed by atoms with E-state index < -0.39 is 0 Å². The van der Waals surface area contributed by atoms with Gasteiger partial charge in [0.25, 0.3) is 0 Å². The molecule has 0 unspecified atom stereocenters. The summed E-state index contributed by atoms with van der Waals surface area (Å²) >= 11 is 0. The molecule has 20 heavy (non-hydrogen) atoms. The van der Waals surface area contributed by atoms with Gasteiger partial charge >= 0.3 is 0 Å². The summed E-state index contributed by atoms with van der Waals surface area (Å²) in [6.07, 6.45) is 12.9. The van der Waals surface area contributed by atoms with Crippen LogP contribution in [-0.4, -0.2) is 28.0 Å². The lowest BCUT2D eigenvalue weighted by Crippen LogP contribution is -2.33. The highest BCUT2D eigenvalue weighted by Crippen LogP contribution is 2.33. The quantitative estimate of drug-likeness (QED) is 0.844. The van der Waals surface area contributed by atoms with Crippen LogP contribution in [0.25, 0.3) is 0 Å². The molecular weight excluding hydrogens is 246 g/mol. The summed E-state index contributed by atoms with van der Waals surface area (Å²) in [7, 11) is 0. The van der Waals surface area contributed by atoms with Gasteiger partial charge in [0.1, 0.15) is 5.82 Å². The van der Waals surface area contributed by atoms with Gasteiger partial charge in [0, 0.05) is 31.7 Å². The molecule has 2 fully saturated rings. The first kappa shape index (κ1) is 12.8. The minimum absolute atomic E-state index is 0.632. The molecule has 0 saturated heterocycles. The summed E-state index contributed by atoms with van der Waals surface area (Å²) in [4.78, 5) is 12.3. The molecule has 1 aliphatic heterocycles. The van der Waals surface area contributed by atoms with Gasteiger partial charge in [0.15, 0.2) is 0 Å². The number of rotatable bonds is 3. The zero-order valence-corrected chi connectivity index (χ0v) is 12.4. The Kier molecular flexibility index (Phi) is 3.47. The molecule has 1 aromatic rings. The fraction of sp³-hybridized carbons (Fsp3) is 0.765. The molecule has 4 rings (SSSR count). The molecule has 2 heterocycles. The van der Waals surface area contributed by atoms with Gasteiger partial charge in [-0.05, 0) is 43.6 Å². The van der Waals surface area contributed by atoms with Gasteiger partial charge in [0.05, 0.1) is 5.69 Å². The van der Waals surface area contributed by atoms with Gasteiger partial charge in [-0.15, -0.1) is 0 Å². The number of nitrogens with zero attached hydrogens (tertiary/aromatic N) is 3. The Balaban J connectivity index is 1.50. The number of hydrogen-bond donors (Lipinski definition) is 0. The predicted molar refractivity (Wildman–Crippen MR) is 79.6 cm³/mol. The molecule has 0 amide bonds. The van der Waals surface area contributed by atoms with Gasteiger partial charge in [-0.1, -0.05) is 19.3 Å². The molecular formula is C17H25N3. The van der Waals surface area contributed by atoms with Crippen LogP contribution in [0.2, 0.25) is 0 Å². The monoisotopic (exact) mass is 271 g/mol. The lowest BCUT2D eigenvalue weighted by atomic mass is 9.88. The van der Waals surface area contributed by atoms with Crippen LogP contribution >= 0.6 is 0 Å². The Morgan fingerprint density at radius 2 is 1.95 bits per heavy atom. The highest BCUT2D eigenvalue weighted by molar-refractivity contribution is 5.21. The van der Waals surface area contributed by atoms with Crippen LogP contribution in [0.3, 0.4) is 0 Å². The van der Waals surface area contributed by atoms with Crippen LogP contribution < -0.4 is 0 Å². The molecule has 3 heteroatoms. The van der Waals surface area contributed by atoms with E-state index in [2.05, 4.69) is 16.1 Å². The summed E-state index contributed by atoms with van der Waals surface area (Å²) in [5.41, 5.74) is 2.73. The third-order valence-electron chi connectivity index (χ3n) is 5.23. The van der Waals surface area contributed by atoms with Crippen LogP contribution in [0.15, 0.2) is 6.20 Å². The zero-order valence-electron chi connectivity index (χ0n) is 12.4. The van der Waals surface area contributed by atoms with Crippen molar-refractivity contribution < 1.29 is 0 Å². The molecule has 1 aromatic heterocycles. The van der Waals surface area contributed by atoms with E-state index in [-0.39, 0.29) is 0 Å². The lowest BCUT2D eigenvalue weighted by Gasteiger charge is -2.29. The maximum Gasteiger partial charge on any atom is 0.131 e. The van der Waals surface area contributed by atoms with Crippen molar-refractivity contribution in [3.05, 3.63) is 23.3 Å². The molecule has 0 atom stereocenters. The van der Waals surface area contributed by atoms with Crippen LogP contribution in [0.5, 0.6) is 0 Å². The SMILES string of the molecule is c1nc(C2CCCCC2)nc2c1CCN(CC1CC1)C2. The second-order valence-corrected chi connectivity index (χ2v) is 6.96. The largest absolute Gasteiger partial charge is 0.297 e. The minimum atomic E-state index is 0.632. The van der Waals surface area contributed by atoms with Crippen molar-refractivity contribution in [3.63, 3.8) is 0 Å². The number of aromatic nitrogens is 2. The summed E-state index contributed by atoms with van der Waals surface area (Å²) in [6.45, 7) is 3.56. The summed E-state index contributed by atoms with van der Waals surface area (Å²) < 4.78 is 0. The third kappa shape index (κ3) is 2.73. The van der Waals surface area contributed by atoms with Crippen molar-refractivity contribution in [2.45, 2.75) is 63.8 Å². The molecule has 2 saturated carbocycles. The highest BCUT2D eigenvalue weighted by atomic mass is 15.1. The van der Waals surface area contributed by atoms with Crippen molar-refractivity contribution in [3.8, 4) is 0 Å². The lowest BCUT2D eigenvalue weighted by molar-refractivity contribution is 0.239. The molecule has 2 aliphatic carbocycles. The summed E-state index contributed by atoms with van der Waals surface area (Å²) in [6, 6.07) is 0. The van der Waals surface area contributed by atoms with Crippen molar-refractivity contribution in [2.24, 2.45) is 5.92 Å². The third-order valence-corrected chi connectivity index (χ3v) is 5.23. The summed E-state index contributed by atoms with van der Waals surface area (Å²) in [5, 5.41) is 0. The second kappa shape index (κ2) is 5.44. The van der Waals surface area contributed by atoms with Gasteiger partial charge in [-0.25, -0.2) is 9.97 Å². The van der Waals surface area contributed by atoms with E-state index >= 15 is 0 Å². The average Bonchev–Trinajstić information content (AvgIpc) is 3.31. The highest BCUT2D eigenvalue weighted by Gasteiger charge is 2.27. The van der Waals surface area contributed by atoms with E-state index in [9.17, 15) is 0 Å². The molecule has 0 aromatic carbocycles. The maximum atomic E-state index is 4.96. The zero-order chi connectivity index (χ0) is 13.4. The van der Waals surface area contributed by atoms with E-state index in [0.29, 0.717) is 5.92 Å². The Morgan fingerprint density at radius 3 is 2.75 bits per heavy atom. The maximum absolute atomic E-state index is 4.96. The Hall–Kier alpha value is -0.960. The summed E-state index contributed by atoms with van der Waals surface area (Å²) in [5.74, 6) is 2.75. The second-order valence-electron chi connectivity index (χ2n) is 6.96. The van der Waals surface area contributed by atoms with E-state index in [1.807, 2.05) is 0 Å². The first-order valence-corrected chi connectivity index (χ1v) is 8.45. The molecule has 3 aliphatic rings. The Labute approximate surface area is 121 Å². The fourth-order valence-corrected chi connectivity index (χ4v) is 3.75. The standard InChI is InChI=1S/C17H25N3/c1-2-4-14(5-3-1)17-18-10-15-8-9-20(11-13-6-7-13)12-16(15)19-17/h10,13-14H,1-9,11-12H2. The van der Waals surface area contributed by atoms with E-state index in [1.165, 1.54) is 69.3 Å². The van der Waals surface area contributed by atoms with E-state index in [1.54, 1.807) is 0 Å². The van der Waals surface area contributed by atoms with Crippen molar-refractivity contribution in [2.75, 3.05) is 13.1 Å². The topological polar surface area (TPSA) is 29.0 Å². The average molecular weight is 271 g/mol. The van der Waals surface area contributed by atoms with Crippen LogP contribution in [0.4, 0.5) is 0 Å². The van der Waals surface area contributed by atoms with Crippen molar-refractivity contribution in [1.82, 2.24) is 14.9 Å². The van der Waals surface area contributed by atoms with Crippen molar-refractivity contribution >= 4 is 0 Å². The molecule has 0 N–H and O–H groups in total. The number of hydrogen-bond acceptors (Lipinski definition) is 3. The van der Waals surface area contributed by atoms with Gasteiger partial charge < -0.3 is 0 Å². The molecule has 0 bridgehead atoms.